The minimum absolute atomic E-state index is 0.628. The molecule has 1 heterocycles. The number of hydrogen-bond donors (Lipinski definition) is 0. The summed E-state index contributed by atoms with van der Waals surface area (Å²) in [6, 6.07) is 4.39. The third-order valence-electron chi connectivity index (χ3n) is 3.15. The maximum absolute atomic E-state index is 5.74. The van der Waals surface area contributed by atoms with Crippen molar-refractivity contribution in [3.05, 3.63) is 27.7 Å². The predicted molar refractivity (Wildman–Crippen MR) is 79.3 cm³/mol. The van der Waals surface area contributed by atoms with Crippen molar-refractivity contribution in [2.45, 2.75) is 43.9 Å². The van der Waals surface area contributed by atoms with Crippen LogP contribution in [-0.2, 0) is 12.8 Å². The maximum atomic E-state index is 5.74. The van der Waals surface area contributed by atoms with Gasteiger partial charge in [-0.25, -0.2) is 0 Å². The number of aryl methyl sites for hydroxylation is 1. The summed E-state index contributed by atoms with van der Waals surface area (Å²) in [6.07, 6.45) is 5.81. The van der Waals surface area contributed by atoms with Crippen LogP contribution in [0.1, 0.15) is 37.3 Å². The summed E-state index contributed by atoms with van der Waals surface area (Å²) in [5.41, 5.74) is 2.71. The first-order chi connectivity index (χ1) is 8.20. The van der Waals surface area contributed by atoms with Crippen LogP contribution in [0.15, 0.2) is 16.6 Å². The van der Waals surface area contributed by atoms with Crippen molar-refractivity contribution in [1.29, 1.82) is 0 Å². The highest BCUT2D eigenvalue weighted by atomic mass is 79.9. The molecule has 0 aromatic heterocycles. The van der Waals surface area contributed by atoms with Crippen molar-refractivity contribution in [2.24, 2.45) is 0 Å². The molecular formula is C14H18Br2O. The van der Waals surface area contributed by atoms with Gasteiger partial charge in [0.15, 0.2) is 0 Å². The molecule has 0 aliphatic carbocycles. The van der Waals surface area contributed by atoms with E-state index in [2.05, 4.69) is 50.9 Å². The molecule has 2 rings (SSSR count). The van der Waals surface area contributed by atoms with Gasteiger partial charge in [-0.05, 0) is 42.5 Å². The number of halogens is 2. The number of benzene rings is 1. The molecule has 0 bridgehead atoms. The Bertz CT molecular complexity index is 390. The van der Waals surface area contributed by atoms with Crippen LogP contribution < -0.4 is 4.74 Å². The van der Waals surface area contributed by atoms with Gasteiger partial charge in [-0.1, -0.05) is 45.2 Å². The Morgan fingerprint density at radius 2 is 2.18 bits per heavy atom. The van der Waals surface area contributed by atoms with E-state index in [-0.39, 0.29) is 0 Å². The molecule has 1 aliphatic heterocycles. The van der Waals surface area contributed by atoms with E-state index in [0.29, 0.717) is 4.83 Å². The number of hydrogen-bond acceptors (Lipinski definition) is 1. The maximum Gasteiger partial charge on any atom is 0.125 e. The van der Waals surface area contributed by atoms with Crippen LogP contribution in [0.4, 0.5) is 0 Å². The van der Waals surface area contributed by atoms with E-state index in [1.165, 1.54) is 34.9 Å². The van der Waals surface area contributed by atoms with Crippen molar-refractivity contribution in [3.63, 3.8) is 0 Å². The molecule has 1 unspecified atom stereocenters. The molecule has 1 atom stereocenters. The van der Waals surface area contributed by atoms with E-state index in [1.54, 1.807) is 0 Å². The summed E-state index contributed by atoms with van der Waals surface area (Å²) in [4.78, 5) is 0.628. The van der Waals surface area contributed by atoms with Gasteiger partial charge in [0.05, 0.1) is 6.61 Å². The molecule has 1 nitrogen and oxygen atoms in total. The largest absolute Gasteiger partial charge is 0.493 e. The normalized spacial score (nSPS) is 15.5. The topological polar surface area (TPSA) is 9.23 Å². The van der Waals surface area contributed by atoms with Gasteiger partial charge in [0.25, 0.3) is 0 Å². The molecule has 3 heteroatoms. The Kier molecular flexibility index (Phi) is 4.92. The fraction of sp³-hybridized carbons (Fsp3) is 0.571. The minimum Gasteiger partial charge on any atom is -0.493 e. The lowest BCUT2D eigenvalue weighted by Gasteiger charge is -2.11. The highest BCUT2D eigenvalue weighted by Crippen LogP contribution is 2.34. The molecule has 1 aromatic carbocycles. The van der Waals surface area contributed by atoms with Gasteiger partial charge in [-0.2, -0.15) is 0 Å². The first-order valence-corrected chi connectivity index (χ1v) is 7.99. The molecule has 0 saturated heterocycles. The SMILES string of the molecule is CCCC(Br)CCc1cc(Br)cc2c1OCC2. The molecular weight excluding hydrogens is 344 g/mol. The summed E-state index contributed by atoms with van der Waals surface area (Å²) < 4.78 is 6.92. The predicted octanol–water partition coefficient (Wildman–Crippen LogP) is 4.88. The fourth-order valence-electron chi connectivity index (χ4n) is 2.30. The number of fused-ring (bicyclic) bond motifs is 1. The summed E-state index contributed by atoms with van der Waals surface area (Å²) in [7, 11) is 0. The number of ether oxygens (including phenoxy) is 1. The Labute approximate surface area is 120 Å². The number of rotatable bonds is 5. The summed E-state index contributed by atoms with van der Waals surface area (Å²) in [6.45, 7) is 3.07. The molecule has 0 spiro atoms. The van der Waals surface area contributed by atoms with Crippen LogP contribution in [-0.4, -0.2) is 11.4 Å². The van der Waals surface area contributed by atoms with Gasteiger partial charge in [0.1, 0.15) is 5.75 Å². The molecule has 0 amide bonds. The molecule has 0 radical (unpaired) electrons. The molecule has 0 fully saturated rings. The standard InChI is InChI=1S/C14H18Br2O/c1-2-3-12(15)5-4-10-8-13(16)9-11-6-7-17-14(10)11/h8-9,12H,2-7H2,1H3. The van der Waals surface area contributed by atoms with Gasteiger partial charge < -0.3 is 4.74 Å². The van der Waals surface area contributed by atoms with E-state index in [9.17, 15) is 0 Å². The van der Waals surface area contributed by atoms with E-state index in [0.717, 1.165) is 25.2 Å². The van der Waals surface area contributed by atoms with E-state index >= 15 is 0 Å². The van der Waals surface area contributed by atoms with Crippen LogP contribution >= 0.6 is 31.9 Å². The zero-order valence-corrected chi connectivity index (χ0v) is 13.3. The zero-order chi connectivity index (χ0) is 12.3. The minimum atomic E-state index is 0.628. The Hall–Kier alpha value is -0.0200. The van der Waals surface area contributed by atoms with Crippen LogP contribution in [0.3, 0.4) is 0 Å². The first-order valence-electron chi connectivity index (χ1n) is 6.29. The second-order valence-corrected chi connectivity index (χ2v) is 6.79. The average Bonchev–Trinajstić information content (AvgIpc) is 2.74. The van der Waals surface area contributed by atoms with Crippen LogP contribution in [0, 0.1) is 0 Å². The number of alkyl halides is 1. The van der Waals surface area contributed by atoms with Crippen molar-refractivity contribution in [3.8, 4) is 5.75 Å². The Balaban J connectivity index is 2.05. The summed E-state index contributed by atoms with van der Waals surface area (Å²) in [5, 5.41) is 0. The lowest BCUT2D eigenvalue weighted by molar-refractivity contribution is 0.353. The van der Waals surface area contributed by atoms with E-state index in [1.807, 2.05) is 0 Å². The van der Waals surface area contributed by atoms with Gasteiger partial charge in [0.2, 0.25) is 0 Å². The quantitative estimate of drug-likeness (QED) is 0.679. The summed E-state index contributed by atoms with van der Waals surface area (Å²) >= 11 is 7.33. The van der Waals surface area contributed by atoms with E-state index < -0.39 is 0 Å². The van der Waals surface area contributed by atoms with Gasteiger partial charge in [-0.3, -0.25) is 0 Å². The highest BCUT2D eigenvalue weighted by Gasteiger charge is 2.17. The summed E-state index contributed by atoms with van der Waals surface area (Å²) in [5.74, 6) is 1.14. The Morgan fingerprint density at radius 1 is 1.35 bits per heavy atom. The molecule has 1 aliphatic rings. The first kappa shape index (κ1) is 13.4. The molecule has 0 saturated carbocycles. The highest BCUT2D eigenvalue weighted by molar-refractivity contribution is 9.10. The van der Waals surface area contributed by atoms with Crippen LogP contribution in [0.2, 0.25) is 0 Å². The second kappa shape index (κ2) is 6.24. The lowest BCUT2D eigenvalue weighted by atomic mass is 10.0. The molecule has 94 valence electrons. The molecule has 1 aromatic rings. The fourth-order valence-corrected chi connectivity index (χ4v) is 3.54. The zero-order valence-electron chi connectivity index (χ0n) is 10.1. The van der Waals surface area contributed by atoms with Gasteiger partial charge >= 0.3 is 0 Å². The molecule has 0 N–H and O–H groups in total. The van der Waals surface area contributed by atoms with Gasteiger partial charge in [0, 0.05) is 15.7 Å². The third kappa shape index (κ3) is 3.47. The van der Waals surface area contributed by atoms with Crippen molar-refractivity contribution < 1.29 is 4.74 Å². The average molecular weight is 362 g/mol. The third-order valence-corrected chi connectivity index (χ3v) is 4.53. The van der Waals surface area contributed by atoms with Gasteiger partial charge in [-0.15, -0.1) is 0 Å². The Morgan fingerprint density at radius 3 is 2.94 bits per heavy atom. The lowest BCUT2D eigenvalue weighted by Crippen LogP contribution is -2.01. The monoisotopic (exact) mass is 360 g/mol. The van der Waals surface area contributed by atoms with Crippen molar-refractivity contribution >= 4 is 31.9 Å². The smallest absolute Gasteiger partial charge is 0.125 e. The van der Waals surface area contributed by atoms with Crippen LogP contribution in [0.25, 0.3) is 0 Å². The van der Waals surface area contributed by atoms with Crippen molar-refractivity contribution in [2.75, 3.05) is 6.61 Å². The van der Waals surface area contributed by atoms with E-state index in [4.69, 9.17) is 4.74 Å². The van der Waals surface area contributed by atoms with Crippen molar-refractivity contribution in [1.82, 2.24) is 0 Å². The second-order valence-electron chi connectivity index (χ2n) is 4.58. The van der Waals surface area contributed by atoms with Crippen LogP contribution in [0.5, 0.6) is 5.75 Å². The molecule has 17 heavy (non-hydrogen) atoms.